The van der Waals surface area contributed by atoms with Gasteiger partial charge in [0.2, 0.25) is 0 Å². The molecule has 25 nitrogen and oxygen atoms in total. The lowest BCUT2D eigenvalue weighted by Gasteiger charge is -2.10. The Hall–Kier alpha value is -6.74. The van der Waals surface area contributed by atoms with E-state index >= 15 is 0 Å². The van der Waals surface area contributed by atoms with E-state index in [1.54, 1.807) is 55.6 Å². The van der Waals surface area contributed by atoms with Crippen LogP contribution in [0.4, 0.5) is 0 Å². The monoisotopic (exact) mass is 944 g/mol. The number of rotatable bonds is 17. The molecular formula is C38H46Cl2N14O11. The van der Waals surface area contributed by atoms with Crippen molar-refractivity contribution in [3.63, 3.8) is 0 Å². The van der Waals surface area contributed by atoms with Crippen LogP contribution in [-0.2, 0) is 49.7 Å². The lowest BCUT2D eigenvalue weighted by molar-refractivity contribution is 0.0692. The van der Waals surface area contributed by atoms with Crippen molar-refractivity contribution in [1.82, 2.24) is 64.0 Å². The van der Waals surface area contributed by atoms with Crippen molar-refractivity contribution in [3.8, 4) is 0 Å². The van der Waals surface area contributed by atoms with Crippen molar-refractivity contribution in [3.05, 3.63) is 147 Å². The number of nitrogens with two attached hydrogens (primary N) is 1. The first-order valence-electron chi connectivity index (χ1n) is 19.2. The number of tetrazole rings is 2. The van der Waals surface area contributed by atoms with Crippen LogP contribution in [0.1, 0.15) is 55.7 Å². The predicted molar refractivity (Wildman–Crippen MR) is 231 cm³/mol. The van der Waals surface area contributed by atoms with Crippen LogP contribution < -0.4 is 33.5 Å². The second-order valence-corrected chi connectivity index (χ2v) is 14.5. The molecule has 6 N–H and O–H groups in total. The summed E-state index contributed by atoms with van der Waals surface area (Å²) in [5.41, 5.74) is 2.53. The van der Waals surface area contributed by atoms with E-state index in [1.165, 1.54) is 26.0 Å². The highest BCUT2D eigenvalue weighted by Crippen LogP contribution is 2.18. The van der Waals surface area contributed by atoms with Gasteiger partial charge in [0.1, 0.15) is 23.3 Å². The topological polar surface area (TPSA) is 327 Å². The molecule has 65 heavy (non-hydrogen) atoms. The van der Waals surface area contributed by atoms with Crippen LogP contribution in [0.3, 0.4) is 0 Å². The molecule has 2 atom stereocenters. The molecule has 0 aliphatic rings. The van der Waals surface area contributed by atoms with Crippen molar-refractivity contribution in [2.45, 2.75) is 38.4 Å². The van der Waals surface area contributed by atoms with Crippen molar-refractivity contribution < 1.29 is 34.4 Å². The molecule has 1 amide bonds. The molecule has 0 radical (unpaired) electrons. The Balaban J connectivity index is 0.000000259. The quantitative estimate of drug-likeness (QED) is 0.0657. The number of hydrogen-bond donors (Lipinski definition) is 5. The molecule has 0 saturated carbocycles. The lowest BCUT2D eigenvalue weighted by Crippen LogP contribution is -2.43. The molecule has 4 aromatic heterocycles. The molecule has 348 valence electrons. The van der Waals surface area contributed by atoms with E-state index in [9.17, 15) is 39.0 Å². The van der Waals surface area contributed by atoms with E-state index in [4.69, 9.17) is 38.8 Å². The number of nitrogens with zero attached hydrogens (tertiary/aromatic N) is 12. The average molecular weight is 946 g/mol. The number of methoxy groups -OCH3 is 2. The van der Waals surface area contributed by atoms with Crippen molar-refractivity contribution in [2.24, 2.45) is 19.8 Å². The number of nitrogens with one attached hydrogen (secondary N) is 1. The number of carbonyl (C=O) groups excluding carboxylic acids is 1. The molecule has 0 unspecified atom stereocenters. The average Bonchev–Trinajstić information content (AvgIpc) is 3.93. The van der Waals surface area contributed by atoms with Gasteiger partial charge in [-0.2, -0.15) is 9.59 Å². The standard InChI is InChI=1S/C19H22ClN7O5.C16H15ClN6O5.C3H9NO/c1-25-18(30)14(17(29)21-7-8-32-2)9-26(19(25)31)11-16-22-24-27(23-16)10-15(28)12-3-5-13(20)6-4-12;1-21-14(25)11(15(26)27)6-22(16(21)28)8-13-18-20-23(19-13)7-12(24)9-2-4-10(17)5-3-9;1-5-3-2-4/h3-6,9,15,28H,7-8,10-11H2,1-2H3,(H,21,29);2-6,12,24H,7-8H2,1H3,(H,26,27);2-4H2,1H3/t15-;12-;/m00./s1. The summed E-state index contributed by atoms with van der Waals surface area (Å²) < 4.78 is 13.1. The summed E-state index contributed by atoms with van der Waals surface area (Å²) >= 11 is 11.7. The summed E-state index contributed by atoms with van der Waals surface area (Å²) in [6.45, 7) is 1.51. The fraction of sp³-hybridized carbons (Fsp3) is 0.368. The molecule has 6 rings (SSSR count). The minimum absolute atomic E-state index is 0.0111. The second-order valence-electron chi connectivity index (χ2n) is 13.6. The Morgan fingerprint density at radius 3 is 1.51 bits per heavy atom. The third-order valence-electron chi connectivity index (χ3n) is 8.89. The SMILES string of the molecule is COCCN.COCCNC(=O)c1cn(Cc2nnn(C[C@H](O)c3ccc(Cl)cc3)n2)c(=O)n(C)c1=O.Cn1c(=O)c(C(=O)O)cn(Cc2nnn(C[C@H](O)c3ccc(Cl)cc3)n2)c1=O. The third-order valence-corrected chi connectivity index (χ3v) is 9.39. The van der Waals surface area contributed by atoms with E-state index in [0.29, 0.717) is 38.9 Å². The molecule has 2 aromatic carbocycles. The second kappa shape index (κ2) is 24.4. The number of ether oxygens (including phenoxy) is 2. The Kier molecular flexibility index (Phi) is 19.1. The van der Waals surface area contributed by atoms with Crippen molar-refractivity contribution >= 4 is 35.1 Å². The number of aliphatic hydroxyl groups is 2. The molecule has 0 aliphatic heterocycles. The zero-order valence-electron chi connectivity index (χ0n) is 35.4. The van der Waals surface area contributed by atoms with Gasteiger partial charge in [-0.1, -0.05) is 47.5 Å². The van der Waals surface area contributed by atoms with Gasteiger partial charge >= 0.3 is 17.3 Å². The maximum atomic E-state index is 12.5. The molecule has 0 bridgehead atoms. The summed E-state index contributed by atoms with van der Waals surface area (Å²) in [6.07, 6.45) is 0.307. The van der Waals surface area contributed by atoms with E-state index < -0.39 is 52.1 Å². The molecule has 0 spiro atoms. The largest absolute Gasteiger partial charge is 0.477 e. The highest BCUT2D eigenvalue weighted by Gasteiger charge is 2.19. The fourth-order valence-corrected chi connectivity index (χ4v) is 5.74. The summed E-state index contributed by atoms with van der Waals surface area (Å²) in [7, 11) is 5.58. The van der Waals surface area contributed by atoms with Crippen LogP contribution in [0.25, 0.3) is 0 Å². The summed E-state index contributed by atoms with van der Waals surface area (Å²) in [4.78, 5) is 74.6. The number of aliphatic hydroxyl groups excluding tert-OH is 2. The molecular weight excluding hydrogens is 899 g/mol. The first-order valence-corrected chi connectivity index (χ1v) is 19.9. The van der Waals surface area contributed by atoms with Gasteiger partial charge in [0.15, 0.2) is 11.6 Å². The number of benzene rings is 2. The minimum atomic E-state index is -1.45. The number of hydrogen-bond acceptors (Lipinski definition) is 17. The van der Waals surface area contributed by atoms with E-state index in [0.717, 1.165) is 30.9 Å². The van der Waals surface area contributed by atoms with Crippen molar-refractivity contribution in [1.29, 1.82) is 0 Å². The number of carboxylic acid groups (broad SMARTS) is 1. The molecule has 6 aromatic rings. The maximum absolute atomic E-state index is 12.5. The minimum Gasteiger partial charge on any atom is -0.477 e. The van der Waals surface area contributed by atoms with E-state index in [-0.39, 0.29) is 56.5 Å². The molecule has 0 fully saturated rings. The highest BCUT2D eigenvalue weighted by molar-refractivity contribution is 6.30. The van der Waals surface area contributed by atoms with Gasteiger partial charge in [-0.15, -0.1) is 20.4 Å². The number of carboxylic acids is 1. The Bertz CT molecular complexity index is 2770. The lowest BCUT2D eigenvalue weighted by atomic mass is 10.1. The van der Waals surface area contributed by atoms with E-state index in [2.05, 4.69) is 40.9 Å². The van der Waals surface area contributed by atoms with Crippen molar-refractivity contribution in [2.75, 3.05) is 40.5 Å². The summed E-state index contributed by atoms with van der Waals surface area (Å²) in [5, 5.41) is 56.9. The molecule has 0 saturated heterocycles. The zero-order chi connectivity index (χ0) is 47.8. The van der Waals surface area contributed by atoms with Crippen LogP contribution in [0.2, 0.25) is 10.0 Å². The smallest absolute Gasteiger partial charge is 0.342 e. The van der Waals surface area contributed by atoms with Crippen LogP contribution in [0.5, 0.6) is 0 Å². The number of halogens is 2. The fourth-order valence-electron chi connectivity index (χ4n) is 5.49. The molecule has 4 heterocycles. The zero-order valence-corrected chi connectivity index (χ0v) is 36.9. The maximum Gasteiger partial charge on any atom is 0.342 e. The molecule has 0 aliphatic carbocycles. The number of amides is 1. The van der Waals surface area contributed by atoms with Gasteiger partial charge < -0.3 is 35.8 Å². The third kappa shape index (κ3) is 14.4. The van der Waals surface area contributed by atoms with Gasteiger partial charge in [-0.3, -0.25) is 32.7 Å². The normalized spacial score (nSPS) is 11.8. The summed E-state index contributed by atoms with van der Waals surface area (Å²) in [5.74, 6) is -1.80. The Labute approximate surface area is 377 Å². The number of aromatic carboxylic acids is 1. The Morgan fingerprint density at radius 1 is 0.708 bits per heavy atom. The summed E-state index contributed by atoms with van der Waals surface area (Å²) in [6, 6.07) is 13.3. The number of carbonyl (C=O) groups is 2. The van der Waals surface area contributed by atoms with Gasteiger partial charge in [-0.05, 0) is 45.8 Å². The van der Waals surface area contributed by atoms with Crippen LogP contribution in [0.15, 0.2) is 80.1 Å². The van der Waals surface area contributed by atoms with Crippen LogP contribution in [0, 0.1) is 0 Å². The van der Waals surface area contributed by atoms with Gasteiger partial charge in [0, 0.05) is 63.8 Å². The van der Waals surface area contributed by atoms with Gasteiger partial charge in [0.05, 0.1) is 39.4 Å². The van der Waals surface area contributed by atoms with Gasteiger partial charge in [-0.25, -0.2) is 14.4 Å². The van der Waals surface area contributed by atoms with Crippen LogP contribution >= 0.6 is 23.2 Å². The number of aromatic nitrogens is 12. The van der Waals surface area contributed by atoms with Gasteiger partial charge in [0.25, 0.3) is 17.0 Å². The highest BCUT2D eigenvalue weighted by atomic mass is 35.5. The predicted octanol–water partition coefficient (Wildman–Crippen LogP) is -1.40. The first kappa shape index (κ1) is 50.9. The van der Waals surface area contributed by atoms with Crippen LogP contribution in [-0.4, -0.2) is 126 Å². The first-order chi connectivity index (χ1) is 31.0. The Morgan fingerprint density at radius 2 is 1.12 bits per heavy atom. The molecule has 27 heteroatoms. The van der Waals surface area contributed by atoms with E-state index in [1.807, 2.05) is 0 Å².